The lowest BCUT2D eigenvalue weighted by Crippen LogP contribution is -2.43. The maximum absolute atomic E-state index is 12.0. The summed E-state index contributed by atoms with van der Waals surface area (Å²) in [7, 11) is 0. The van der Waals surface area contributed by atoms with Crippen LogP contribution in [-0.4, -0.2) is 36.7 Å². The molecule has 24 heavy (non-hydrogen) atoms. The monoisotopic (exact) mass is 431 g/mol. The van der Waals surface area contributed by atoms with Crippen LogP contribution in [-0.2, 0) is 16.0 Å². The van der Waals surface area contributed by atoms with E-state index in [4.69, 9.17) is 4.74 Å². The van der Waals surface area contributed by atoms with Crippen LogP contribution in [0, 0.1) is 0 Å². The summed E-state index contributed by atoms with van der Waals surface area (Å²) in [5, 5.41) is 6.79. The first-order chi connectivity index (χ1) is 11.2. The summed E-state index contributed by atoms with van der Waals surface area (Å²) in [6, 6.07) is 8.30. The molecular formula is C16H19BrClN3O2S. The number of hydrogen-bond donors (Lipinski definition) is 2. The third-order valence-corrected chi connectivity index (χ3v) is 4.96. The first kappa shape index (κ1) is 19.3. The van der Waals surface area contributed by atoms with Crippen LogP contribution in [0.1, 0.15) is 16.9 Å². The van der Waals surface area contributed by atoms with Gasteiger partial charge in [-0.3, -0.25) is 4.79 Å². The van der Waals surface area contributed by atoms with Crippen molar-refractivity contribution in [2.75, 3.05) is 25.1 Å². The topological polar surface area (TPSA) is 63.2 Å². The van der Waals surface area contributed by atoms with Gasteiger partial charge in [-0.1, -0.05) is 28.1 Å². The van der Waals surface area contributed by atoms with Crippen molar-refractivity contribution in [2.24, 2.45) is 0 Å². The van der Waals surface area contributed by atoms with Gasteiger partial charge in [0.15, 0.2) is 5.13 Å². The Morgan fingerprint density at radius 3 is 2.92 bits per heavy atom. The van der Waals surface area contributed by atoms with Gasteiger partial charge in [-0.2, -0.15) is 0 Å². The molecule has 5 nitrogen and oxygen atoms in total. The molecule has 2 heterocycles. The number of carbonyl (C=O) groups is 1. The molecule has 0 saturated carbocycles. The molecule has 1 aromatic heterocycles. The maximum Gasteiger partial charge on any atom is 0.227 e. The zero-order chi connectivity index (χ0) is 16.1. The highest BCUT2D eigenvalue weighted by atomic mass is 79.9. The fourth-order valence-corrected chi connectivity index (χ4v) is 3.52. The molecule has 0 radical (unpaired) electrons. The summed E-state index contributed by atoms with van der Waals surface area (Å²) >= 11 is 4.95. The largest absolute Gasteiger partial charge is 0.378 e. The number of halogens is 2. The van der Waals surface area contributed by atoms with Gasteiger partial charge in [-0.25, -0.2) is 4.98 Å². The van der Waals surface area contributed by atoms with E-state index < -0.39 is 0 Å². The van der Waals surface area contributed by atoms with Crippen LogP contribution in [0.3, 0.4) is 0 Å². The SMILES string of the molecule is Cl.O=C(CC1COCCN1)Nc1ncc(Cc2ccc(Br)cc2)s1. The highest BCUT2D eigenvalue weighted by Crippen LogP contribution is 2.22. The number of morpholine rings is 1. The van der Waals surface area contributed by atoms with Crippen molar-refractivity contribution in [3.63, 3.8) is 0 Å². The molecule has 1 amide bonds. The highest BCUT2D eigenvalue weighted by molar-refractivity contribution is 9.10. The van der Waals surface area contributed by atoms with Crippen molar-refractivity contribution in [3.05, 3.63) is 45.4 Å². The second kappa shape index (κ2) is 9.48. The van der Waals surface area contributed by atoms with E-state index in [2.05, 4.69) is 43.7 Å². The van der Waals surface area contributed by atoms with Gasteiger partial charge in [0.2, 0.25) is 5.91 Å². The van der Waals surface area contributed by atoms with Crippen LogP contribution in [0.25, 0.3) is 0 Å². The summed E-state index contributed by atoms with van der Waals surface area (Å²) in [5.74, 6) is -0.0301. The van der Waals surface area contributed by atoms with Gasteiger partial charge in [0.1, 0.15) is 0 Å². The molecule has 1 aromatic carbocycles. The number of anilines is 1. The van der Waals surface area contributed by atoms with E-state index in [0.29, 0.717) is 24.8 Å². The molecule has 3 rings (SSSR count). The van der Waals surface area contributed by atoms with Gasteiger partial charge in [0, 0.05) is 41.0 Å². The van der Waals surface area contributed by atoms with Crippen LogP contribution in [0.5, 0.6) is 0 Å². The van der Waals surface area contributed by atoms with Crippen molar-refractivity contribution < 1.29 is 9.53 Å². The van der Waals surface area contributed by atoms with Crippen molar-refractivity contribution >= 4 is 50.7 Å². The molecule has 1 aliphatic rings. The molecule has 0 spiro atoms. The Bertz CT molecular complexity index is 660. The van der Waals surface area contributed by atoms with Gasteiger partial charge < -0.3 is 15.4 Å². The minimum Gasteiger partial charge on any atom is -0.378 e. The number of ether oxygens (including phenoxy) is 1. The predicted octanol–water partition coefficient (Wildman–Crippen LogP) is 3.24. The molecule has 2 aromatic rings. The van der Waals surface area contributed by atoms with Crippen LogP contribution >= 0.6 is 39.7 Å². The third-order valence-electron chi connectivity index (χ3n) is 3.52. The van der Waals surface area contributed by atoms with Gasteiger partial charge in [-0.05, 0) is 17.7 Å². The number of aromatic nitrogens is 1. The first-order valence-corrected chi connectivity index (χ1v) is 9.10. The van der Waals surface area contributed by atoms with E-state index in [1.807, 2.05) is 18.3 Å². The zero-order valence-corrected chi connectivity index (χ0v) is 16.2. The molecule has 1 saturated heterocycles. The molecule has 0 bridgehead atoms. The van der Waals surface area contributed by atoms with Crippen LogP contribution in [0.2, 0.25) is 0 Å². The summed E-state index contributed by atoms with van der Waals surface area (Å²) in [6.07, 6.45) is 3.05. The Morgan fingerprint density at radius 2 is 2.21 bits per heavy atom. The summed E-state index contributed by atoms with van der Waals surface area (Å²) in [6.45, 7) is 2.09. The molecule has 1 aliphatic heterocycles. The normalized spacial score (nSPS) is 17.1. The molecule has 130 valence electrons. The van der Waals surface area contributed by atoms with E-state index in [0.717, 1.165) is 22.3 Å². The summed E-state index contributed by atoms with van der Waals surface area (Å²) in [4.78, 5) is 17.5. The van der Waals surface area contributed by atoms with E-state index in [9.17, 15) is 4.79 Å². The molecule has 2 N–H and O–H groups in total. The van der Waals surface area contributed by atoms with Crippen molar-refractivity contribution in [1.82, 2.24) is 10.3 Å². The van der Waals surface area contributed by atoms with Gasteiger partial charge in [0.05, 0.1) is 13.2 Å². The molecule has 0 aliphatic carbocycles. The lowest BCUT2D eigenvalue weighted by Gasteiger charge is -2.22. The molecule has 1 atom stereocenters. The number of nitrogens with one attached hydrogen (secondary N) is 2. The molecular weight excluding hydrogens is 414 g/mol. The van der Waals surface area contributed by atoms with Crippen molar-refractivity contribution in [1.29, 1.82) is 0 Å². The Kier molecular flexibility index (Phi) is 7.64. The fraction of sp³-hybridized carbons (Fsp3) is 0.375. The van der Waals surface area contributed by atoms with Gasteiger partial charge in [-0.15, -0.1) is 23.7 Å². The average Bonchev–Trinajstić information content (AvgIpc) is 2.97. The van der Waals surface area contributed by atoms with E-state index in [-0.39, 0.29) is 24.4 Å². The van der Waals surface area contributed by atoms with Crippen molar-refractivity contribution in [2.45, 2.75) is 18.9 Å². The Balaban J connectivity index is 0.00000208. The van der Waals surface area contributed by atoms with Crippen LogP contribution in [0.15, 0.2) is 34.9 Å². The minimum atomic E-state index is -0.0301. The maximum atomic E-state index is 12.0. The Labute approximate surface area is 159 Å². The first-order valence-electron chi connectivity index (χ1n) is 7.49. The third kappa shape index (κ3) is 5.82. The second-order valence-corrected chi connectivity index (χ2v) is 7.44. The Morgan fingerprint density at radius 1 is 1.42 bits per heavy atom. The number of rotatable bonds is 5. The zero-order valence-electron chi connectivity index (χ0n) is 13.0. The molecule has 1 fully saturated rings. The second-order valence-electron chi connectivity index (χ2n) is 5.41. The minimum absolute atomic E-state index is 0. The van der Waals surface area contributed by atoms with Crippen LogP contribution in [0.4, 0.5) is 5.13 Å². The quantitative estimate of drug-likeness (QED) is 0.761. The standard InChI is InChI=1S/C16H18BrN3O2S.ClH/c17-12-3-1-11(2-4-12)7-14-9-19-16(23-14)20-15(21)8-13-10-22-6-5-18-13;/h1-4,9,13,18H,5-8,10H2,(H,19,20,21);1H. The number of hydrogen-bond acceptors (Lipinski definition) is 5. The number of carbonyl (C=O) groups excluding carboxylic acids is 1. The van der Waals surface area contributed by atoms with Crippen molar-refractivity contribution in [3.8, 4) is 0 Å². The Hall–Kier alpha value is -0.990. The lowest BCUT2D eigenvalue weighted by atomic mass is 10.1. The molecule has 8 heteroatoms. The van der Waals surface area contributed by atoms with E-state index in [1.165, 1.54) is 16.9 Å². The van der Waals surface area contributed by atoms with E-state index in [1.54, 1.807) is 0 Å². The van der Waals surface area contributed by atoms with Gasteiger partial charge in [0.25, 0.3) is 0 Å². The number of nitrogens with zero attached hydrogens (tertiary/aromatic N) is 1. The number of thiazole rings is 1. The number of amides is 1. The summed E-state index contributed by atoms with van der Waals surface area (Å²) < 4.78 is 6.42. The van der Waals surface area contributed by atoms with Crippen LogP contribution < -0.4 is 10.6 Å². The smallest absolute Gasteiger partial charge is 0.227 e. The lowest BCUT2D eigenvalue weighted by molar-refractivity contribution is -0.117. The summed E-state index contributed by atoms with van der Waals surface area (Å²) in [5.41, 5.74) is 1.22. The fourth-order valence-electron chi connectivity index (χ4n) is 2.40. The average molecular weight is 433 g/mol. The highest BCUT2D eigenvalue weighted by Gasteiger charge is 2.17. The molecule has 1 unspecified atom stereocenters. The van der Waals surface area contributed by atoms with Gasteiger partial charge >= 0.3 is 0 Å². The van der Waals surface area contributed by atoms with E-state index >= 15 is 0 Å². The predicted molar refractivity (Wildman–Crippen MR) is 102 cm³/mol. The number of benzene rings is 1.